The highest BCUT2D eigenvalue weighted by atomic mass is 16.1. The molecule has 0 radical (unpaired) electrons. The van der Waals surface area contributed by atoms with Crippen LogP contribution in [0.4, 0.5) is 0 Å². The summed E-state index contributed by atoms with van der Waals surface area (Å²) in [5.41, 5.74) is 2.46. The van der Waals surface area contributed by atoms with E-state index in [0.717, 1.165) is 19.5 Å². The Morgan fingerprint density at radius 1 is 1.21 bits per heavy atom. The first kappa shape index (κ1) is 13.5. The van der Waals surface area contributed by atoms with Crippen LogP contribution in [0, 0.1) is 0 Å². The van der Waals surface area contributed by atoms with Crippen molar-refractivity contribution in [2.24, 2.45) is 0 Å². The molecule has 19 heavy (non-hydrogen) atoms. The second-order valence-electron chi connectivity index (χ2n) is 4.63. The van der Waals surface area contributed by atoms with Crippen LogP contribution in [-0.4, -0.2) is 31.3 Å². The van der Waals surface area contributed by atoms with Gasteiger partial charge in [-0.3, -0.25) is 9.59 Å². The van der Waals surface area contributed by atoms with E-state index in [0.29, 0.717) is 17.7 Å². The lowest BCUT2D eigenvalue weighted by Gasteiger charge is -2.14. The van der Waals surface area contributed by atoms with E-state index in [9.17, 15) is 9.59 Å². The van der Waals surface area contributed by atoms with E-state index in [4.69, 9.17) is 0 Å². The molecule has 2 N–H and O–H groups in total. The zero-order valence-corrected chi connectivity index (χ0v) is 11.0. The van der Waals surface area contributed by atoms with Crippen LogP contribution in [0.25, 0.3) is 0 Å². The molecule has 2 rings (SSSR count). The quantitative estimate of drug-likeness (QED) is 0.636. The number of nitrogens with one attached hydrogen (secondary N) is 2. The molecule has 0 unspecified atom stereocenters. The van der Waals surface area contributed by atoms with Gasteiger partial charge < -0.3 is 10.6 Å². The van der Waals surface area contributed by atoms with Gasteiger partial charge in [0.05, 0.1) is 0 Å². The first-order chi connectivity index (χ1) is 9.16. The standard InChI is InChI=1S/C15H18N2O2/c1-11(18)13-2-4-14(5-3-13)15(19)17-10-12-6-8-16-9-7-12/h2-6,16H,7-10H2,1H3,(H,17,19). The zero-order chi connectivity index (χ0) is 13.7. The van der Waals surface area contributed by atoms with Crippen molar-refractivity contribution in [3.05, 3.63) is 47.0 Å². The summed E-state index contributed by atoms with van der Waals surface area (Å²) >= 11 is 0. The minimum absolute atomic E-state index is 0.00631. The molecule has 1 aliphatic heterocycles. The maximum Gasteiger partial charge on any atom is 0.251 e. The fourth-order valence-electron chi connectivity index (χ4n) is 1.98. The predicted octanol–water partition coefficient (Wildman–Crippen LogP) is 1.54. The first-order valence-corrected chi connectivity index (χ1v) is 6.44. The minimum Gasteiger partial charge on any atom is -0.348 e. The molecule has 4 heteroatoms. The Balaban J connectivity index is 1.92. The largest absolute Gasteiger partial charge is 0.348 e. The smallest absolute Gasteiger partial charge is 0.251 e. The fraction of sp³-hybridized carbons (Fsp3) is 0.333. The third-order valence-corrected chi connectivity index (χ3v) is 3.19. The summed E-state index contributed by atoms with van der Waals surface area (Å²) in [6.45, 7) is 3.95. The van der Waals surface area contributed by atoms with Crippen LogP contribution >= 0.6 is 0 Å². The van der Waals surface area contributed by atoms with Crippen molar-refractivity contribution in [2.75, 3.05) is 19.6 Å². The topological polar surface area (TPSA) is 58.2 Å². The molecule has 1 aromatic carbocycles. The average molecular weight is 258 g/mol. The number of rotatable bonds is 4. The highest BCUT2D eigenvalue weighted by molar-refractivity contribution is 5.97. The highest BCUT2D eigenvalue weighted by Gasteiger charge is 2.08. The number of carbonyl (C=O) groups is 2. The third kappa shape index (κ3) is 3.76. The van der Waals surface area contributed by atoms with E-state index in [2.05, 4.69) is 16.7 Å². The Hall–Kier alpha value is -1.94. The van der Waals surface area contributed by atoms with E-state index >= 15 is 0 Å². The second-order valence-corrected chi connectivity index (χ2v) is 4.63. The number of amides is 1. The number of carbonyl (C=O) groups excluding carboxylic acids is 2. The third-order valence-electron chi connectivity index (χ3n) is 3.19. The summed E-state index contributed by atoms with van der Waals surface area (Å²) in [7, 11) is 0. The number of hydrogen-bond acceptors (Lipinski definition) is 3. The van der Waals surface area contributed by atoms with E-state index < -0.39 is 0 Å². The molecule has 1 aromatic rings. The Bertz CT molecular complexity index is 503. The van der Waals surface area contributed by atoms with Crippen molar-refractivity contribution in [2.45, 2.75) is 13.3 Å². The van der Waals surface area contributed by atoms with Gasteiger partial charge in [0.2, 0.25) is 0 Å². The van der Waals surface area contributed by atoms with Crippen LogP contribution in [0.2, 0.25) is 0 Å². The number of benzene rings is 1. The average Bonchev–Trinajstić information content (AvgIpc) is 2.46. The molecule has 1 aliphatic rings. The number of Topliss-reactive ketones (excluding diaryl/α,β-unsaturated/α-hetero) is 1. The summed E-state index contributed by atoms with van der Waals surface area (Å²) in [6.07, 6.45) is 3.09. The van der Waals surface area contributed by atoms with Crippen LogP contribution in [0.3, 0.4) is 0 Å². The zero-order valence-electron chi connectivity index (χ0n) is 11.0. The molecule has 0 atom stereocenters. The van der Waals surface area contributed by atoms with Crippen LogP contribution in [0.1, 0.15) is 34.1 Å². The van der Waals surface area contributed by atoms with E-state index in [1.165, 1.54) is 12.5 Å². The summed E-state index contributed by atoms with van der Waals surface area (Å²) in [5, 5.41) is 6.13. The predicted molar refractivity (Wildman–Crippen MR) is 74.3 cm³/mol. The molecule has 0 fully saturated rings. The molecule has 0 aliphatic carbocycles. The van der Waals surface area contributed by atoms with Gasteiger partial charge in [-0.15, -0.1) is 0 Å². The van der Waals surface area contributed by atoms with Crippen molar-refractivity contribution in [3.8, 4) is 0 Å². The summed E-state index contributed by atoms with van der Waals surface area (Å²) in [5.74, 6) is -0.0960. The Kier molecular flexibility index (Phi) is 4.47. The lowest BCUT2D eigenvalue weighted by molar-refractivity contribution is 0.0954. The van der Waals surface area contributed by atoms with Crippen LogP contribution in [0.5, 0.6) is 0 Å². The second kappa shape index (κ2) is 6.29. The van der Waals surface area contributed by atoms with Gasteiger partial charge in [-0.2, -0.15) is 0 Å². The highest BCUT2D eigenvalue weighted by Crippen LogP contribution is 2.06. The molecular formula is C15H18N2O2. The van der Waals surface area contributed by atoms with Crippen LogP contribution in [-0.2, 0) is 0 Å². The monoisotopic (exact) mass is 258 g/mol. The molecule has 0 saturated heterocycles. The summed E-state index contributed by atoms with van der Waals surface area (Å²) < 4.78 is 0. The van der Waals surface area contributed by atoms with Gasteiger partial charge in [-0.05, 0) is 32.0 Å². The van der Waals surface area contributed by atoms with Crippen molar-refractivity contribution in [1.82, 2.24) is 10.6 Å². The molecule has 0 aromatic heterocycles. The molecule has 4 nitrogen and oxygen atoms in total. The van der Waals surface area contributed by atoms with Crippen LogP contribution < -0.4 is 10.6 Å². The first-order valence-electron chi connectivity index (χ1n) is 6.44. The van der Waals surface area contributed by atoms with E-state index in [1.54, 1.807) is 24.3 Å². The Labute approximate surface area is 112 Å². The van der Waals surface area contributed by atoms with E-state index in [-0.39, 0.29) is 11.7 Å². The number of ketones is 1. The van der Waals surface area contributed by atoms with Gasteiger partial charge in [0.25, 0.3) is 5.91 Å². The summed E-state index contributed by atoms with van der Waals surface area (Å²) in [4.78, 5) is 23.1. The van der Waals surface area contributed by atoms with Crippen molar-refractivity contribution in [3.63, 3.8) is 0 Å². The Morgan fingerprint density at radius 2 is 1.89 bits per heavy atom. The molecule has 0 saturated carbocycles. The SMILES string of the molecule is CC(=O)c1ccc(C(=O)NCC2=CCNCC2)cc1. The normalized spacial score (nSPS) is 14.7. The van der Waals surface area contributed by atoms with Gasteiger partial charge in [0.1, 0.15) is 0 Å². The number of hydrogen-bond donors (Lipinski definition) is 2. The van der Waals surface area contributed by atoms with Gasteiger partial charge >= 0.3 is 0 Å². The lowest BCUT2D eigenvalue weighted by atomic mass is 10.1. The van der Waals surface area contributed by atoms with Crippen molar-refractivity contribution in [1.29, 1.82) is 0 Å². The van der Waals surface area contributed by atoms with Crippen molar-refractivity contribution < 1.29 is 9.59 Å². The van der Waals surface area contributed by atoms with E-state index in [1.807, 2.05) is 0 Å². The molecule has 0 spiro atoms. The molecule has 100 valence electrons. The maximum atomic E-state index is 11.9. The van der Waals surface area contributed by atoms with Gasteiger partial charge in [-0.1, -0.05) is 23.8 Å². The molecule has 1 amide bonds. The molecule has 0 bridgehead atoms. The van der Waals surface area contributed by atoms with Crippen LogP contribution in [0.15, 0.2) is 35.9 Å². The minimum atomic E-state index is -0.102. The fourth-order valence-corrected chi connectivity index (χ4v) is 1.98. The molecular weight excluding hydrogens is 240 g/mol. The maximum absolute atomic E-state index is 11.9. The lowest BCUT2D eigenvalue weighted by Crippen LogP contribution is -2.29. The van der Waals surface area contributed by atoms with Gasteiger partial charge in [0, 0.05) is 24.2 Å². The van der Waals surface area contributed by atoms with Crippen molar-refractivity contribution >= 4 is 11.7 Å². The van der Waals surface area contributed by atoms with Gasteiger partial charge in [0.15, 0.2) is 5.78 Å². The molecule has 1 heterocycles. The van der Waals surface area contributed by atoms with Gasteiger partial charge in [-0.25, -0.2) is 0 Å². The summed E-state index contributed by atoms with van der Waals surface area (Å²) in [6, 6.07) is 6.73. The Morgan fingerprint density at radius 3 is 2.47 bits per heavy atom.